The minimum Gasteiger partial charge on any atom is -0.444 e. The molecular formula is C19H37IN6O2. The molecule has 0 bridgehead atoms. The van der Waals surface area contributed by atoms with Crippen LogP contribution in [0, 0.1) is 0 Å². The largest absolute Gasteiger partial charge is 0.444 e. The van der Waals surface area contributed by atoms with Crippen molar-refractivity contribution >= 4 is 36.0 Å². The number of nitrogens with one attached hydrogen (secondary N) is 3. The Morgan fingerprint density at radius 3 is 2.61 bits per heavy atom. The van der Waals surface area contributed by atoms with E-state index in [2.05, 4.69) is 33.0 Å². The van der Waals surface area contributed by atoms with Gasteiger partial charge in [0.15, 0.2) is 5.96 Å². The highest BCUT2D eigenvalue weighted by Gasteiger charge is 2.18. The zero-order chi connectivity index (χ0) is 20.3. The Labute approximate surface area is 186 Å². The third-order valence-electron chi connectivity index (χ3n) is 3.83. The Hall–Kier alpha value is -1.52. The molecule has 0 aliphatic rings. The van der Waals surface area contributed by atoms with Crippen LogP contribution in [0.2, 0.25) is 0 Å². The van der Waals surface area contributed by atoms with Crippen LogP contribution in [-0.2, 0) is 18.2 Å². The number of guanidine groups is 1. The maximum absolute atomic E-state index is 11.9. The van der Waals surface area contributed by atoms with Gasteiger partial charge in [-0.3, -0.25) is 9.67 Å². The molecule has 0 aromatic carbocycles. The smallest absolute Gasteiger partial charge is 0.407 e. The molecule has 0 saturated heterocycles. The van der Waals surface area contributed by atoms with Crippen molar-refractivity contribution in [2.24, 2.45) is 12.0 Å². The fourth-order valence-electron chi connectivity index (χ4n) is 2.51. The number of aryl methyl sites for hydroxylation is 1. The molecule has 1 heterocycles. The molecule has 1 amide bonds. The number of carbonyl (C=O) groups excluding carboxylic acids is 1. The first-order chi connectivity index (χ1) is 12.7. The van der Waals surface area contributed by atoms with Gasteiger partial charge in [0.1, 0.15) is 5.60 Å². The van der Waals surface area contributed by atoms with Crippen LogP contribution < -0.4 is 16.0 Å². The van der Waals surface area contributed by atoms with Gasteiger partial charge in [-0.2, -0.15) is 5.10 Å². The number of nitrogens with zero attached hydrogens (tertiary/aromatic N) is 3. The molecule has 9 heteroatoms. The highest BCUT2D eigenvalue weighted by atomic mass is 127. The second kappa shape index (κ2) is 13.6. The van der Waals surface area contributed by atoms with Crippen LogP contribution in [0.5, 0.6) is 0 Å². The quantitative estimate of drug-likeness (QED) is 0.271. The molecule has 3 N–H and O–H groups in total. The first-order valence-electron chi connectivity index (χ1n) is 9.65. The van der Waals surface area contributed by atoms with Gasteiger partial charge >= 0.3 is 6.09 Å². The van der Waals surface area contributed by atoms with Crippen molar-refractivity contribution in [1.29, 1.82) is 0 Å². The Balaban J connectivity index is 0.00000729. The van der Waals surface area contributed by atoms with Crippen molar-refractivity contribution in [3.63, 3.8) is 0 Å². The van der Waals surface area contributed by atoms with E-state index < -0.39 is 11.7 Å². The van der Waals surface area contributed by atoms with Crippen molar-refractivity contribution in [3.05, 3.63) is 18.0 Å². The van der Waals surface area contributed by atoms with Gasteiger partial charge in [-0.1, -0.05) is 19.8 Å². The van der Waals surface area contributed by atoms with Gasteiger partial charge in [-0.15, -0.1) is 24.0 Å². The Bertz CT molecular complexity index is 597. The Morgan fingerprint density at radius 2 is 2.07 bits per heavy atom. The summed E-state index contributed by atoms with van der Waals surface area (Å²) in [5.74, 6) is 0.728. The average molecular weight is 508 g/mol. The zero-order valence-electron chi connectivity index (χ0n) is 18.0. The van der Waals surface area contributed by atoms with Crippen molar-refractivity contribution in [2.75, 3.05) is 20.1 Å². The standard InChI is InChI=1S/C19H36N6O2.HI/c1-7-8-9-16(13-22-18(26)27-19(2,3)4)24-17(20-5)21-11-10-15-12-23-25(6)14-15;/h12,14,16H,7-11,13H2,1-6H3,(H,22,26)(H2,20,21,24);1H. The number of ether oxygens (including phenoxy) is 1. The minimum atomic E-state index is -0.500. The van der Waals surface area contributed by atoms with Crippen LogP contribution in [0.25, 0.3) is 0 Å². The molecule has 1 rings (SSSR count). The lowest BCUT2D eigenvalue weighted by Gasteiger charge is -2.24. The van der Waals surface area contributed by atoms with Gasteiger partial charge in [0.2, 0.25) is 0 Å². The van der Waals surface area contributed by atoms with Crippen LogP contribution in [-0.4, -0.2) is 53.6 Å². The van der Waals surface area contributed by atoms with E-state index in [-0.39, 0.29) is 30.0 Å². The third-order valence-corrected chi connectivity index (χ3v) is 3.83. The lowest BCUT2D eigenvalue weighted by molar-refractivity contribution is 0.0523. The summed E-state index contributed by atoms with van der Waals surface area (Å²) in [6, 6.07) is 0.0852. The highest BCUT2D eigenvalue weighted by Crippen LogP contribution is 2.07. The average Bonchev–Trinajstić information content (AvgIpc) is 2.99. The summed E-state index contributed by atoms with van der Waals surface area (Å²) in [7, 11) is 3.66. The molecule has 0 aliphatic heterocycles. The van der Waals surface area contributed by atoms with Crippen LogP contribution in [0.3, 0.4) is 0 Å². The molecule has 1 aromatic heterocycles. The number of carbonyl (C=O) groups is 1. The Kier molecular flexibility index (Phi) is 12.9. The lowest BCUT2D eigenvalue weighted by Crippen LogP contribution is -2.49. The van der Waals surface area contributed by atoms with Crippen LogP contribution >= 0.6 is 24.0 Å². The molecule has 162 valence electrons. The van der Waals surface area contributed by atoms with Crippen LogP contribution in [0.15, 0.2) is 17.4 Å². The first kappa shape index (κ1) is 26.5. The van der Waals surface area contributed by atoms with Gasteiger partial charge in [0.05, 0.1) is 6.20 Å². The van der Waals surface area contributed by atoms with E-state index in [1.165, 1.54) is 5.56 Å². The van der Waals surface area contributed by atoms with Gasteiger partial charge in [-0.25, -0.2) is 4.79 Å². The van der Waals surface area contributed by atoms with Crippen LogP contribution in [0.1, 0.15) is 52.5 Å². The molecule has 8 nitrogen and oxygen atoms in total. The third kappa shape index (κ3) is 12.0. The molecule has 0 saturated carbocycles. The maximum Gasteiger partial charge on any atom is 0.407 e. The number of aromatic nitrogens is 2. The van der Waals surface area contributed by atoms with Crippen molar-refractivity contribution < 1.29 is 9.53 Å². The van der Waals surface area contributed by atoms with Crippen molar-refractivity contribution in [2.45, 2.75) is 65.0 Å². The molecule has 1 atom stereocenters. The summed E-state index contributed by atoms with van der Waals surface area (Å²) in [5, 5.41) is 13.7. The van der Waals surface area contributed by atoms with Gasteiger partial charge < -0.3 is 20.7 Å². The maximum atomic E-state index is 11.9. The van der Waals surface area contributed by atoms with E-state index >= 15 is 0 Å². The molecule has 1 unspecified atom stereocenters. The summed E-state index contributed by atoms with van der Waals surface area (Å²) in [5.41, 5.74) is 0.676. The molecule has 0 radical (unpaired) electrons. The van der Waals surface area contributed by atoms with Gasteiger partial charge in [0, 0.05) is 39.4 Å². The number of unbranched alkanes of at least 4 members (excludes halogenated alkanes) is 1. The summed E-state index contributed by atoms with van der Waals surface area (Å²) in [6.07, 6.45) is 7.45. The van der Waals surface area contributed by atoms with Crippen molar-refractivity contribution in [3.8, 4) is 0 Å². The molecule has 28 heavy (non-hydrogen) atoms. The zero-order valence-corrected chi connectivity index (χ0v) is 20.4. The summed E-state index contributed by atoms with van der Waals surface area (Å²) in [6.45, 7) is 8.96. The number of rotatable bonds is 9. The fraction of sp³-hybridized carbons (Fsp3) is 0.737. The monoisotopic (exact) mass is 508 g/mol. The number of alkyl carbamates (subject to hydrolysis) is 1. The van der Waals surface area contributed by atoms with E-state index in [9.17, 15) is 4.79 Å². The summed E-state index contributed by atoms with van der Waals surface area (Å²) < 4.78 is 7.11. The molecule has 0 spiro atoms. The Morgan fingerprint density at radius 1 is 1.36 bits per heavy atom. The normalized spacial score (nSPS) is 12.7. The molecule has 0 fully saturated rings. The van der Waals surface area contributed by atoms with Crippen LogP contribution in [0.4, 0.5) is 4.79 Å². The number of aliphatic imine (C=N–C) groups is 1. The topological polar surface area (TPSA) is 92.6 Å². The SMILES string of the molecule is CCCCC(CNC(=O)OC(C)(C)C)NC(=NC)NCCc1cnn(C)c1.I. The number of hydrogen-bond acceptors (Lipinski definition) is 4. The second-order valence-corrected chi connectivity index (χ2v) is 7.64. The van der Waals surface area contributed by atoms with Crippen molar-refractivity contribution in [1.82, 2.24) is 25.7 Å². The predicted octanol–water partition coefficient (Wildman–Crippen LogP) is 2.83. The van der Waals surface area contributed by atoms with E-state index in [4.69, 9.17) is 4.74 Å². The van der Waals surface area contributed by atoms with Gasteiger partial charge in [-0.05, 0) is 39.2 Å². The fourth-order valence-corrected chi connectivity index (χ4v) is 2.51. The van der Waals surface area contributed by atoms with E-state index in [1.54, 1.807) is 11.7 Å². The molecular weight excluding hydrogens is 471 g/mol. The van der Waals surface area contributed by atoms with E-state index in [0.29, 0.717) is 6.54 Å². The second-order valence-electron chi connectivity index (χ2n) is 7.64. The summed E-state index contributed by atoms with van der Waals surface area (Å²) in [4.78, 5) is 16.2. The number of hydrogen-bond donors (Lipinski definition) is 3. The summed E-state index contributed by atoms with van der Waals surface area (Å²) >= 11 is 0. The lowest BCUT2D eigenvalue weighted by atomic mass is 10.1. The molecule has 1 aromatic rings. The van der Waals surface area contributed by atoms with Gasteiger partial charge in [0.25, 0.3) is 0 Å². The molecule has 0 aliphatic carbocycles. The minimum absolute atomic E-state index is 0. The van der Waals surface area contributed by atoms with E-state index in [0.717, 1.165) is 38.2 Å². The number of halogens is 1. The first-order valence-corrected chi connectivity index (χ1v) is 9.65. The highest BCUT2D eigenvalue weighted by molar-refractivity contribution is 14.0. The predicted molar refractivity (Wildman–Crippen MR) is 124 cm³/mol. The number of amides is 1. The van der Waals surface area contributed by atoms with E-state index in [1.807, 2.05) is 40.2 Å².